The Morgan fingerprint density at radius 2 is 2.10 bits per heavy atom. The van der Waals surface area contributed by atoms with Gasteiger partial charge in [0, 0.05) is 5.92 Å². The third-order valence-corrected chi connectivity index (χ3v) is 2.74. The number of aliphatic hydroxyl groups is 2. The summed E-state index contributed by atoms with van der Waals surface area (Å²) in [5, 5.41) is 19.0. The fourth-order valence-corrected chi connectivity index (χ4v) is 1.56. The third-order valence-electron chi connectivity index (χ3n) is 2.74. The van der Waals surface area contributed by atoms with Crippen LogP contribution in [-0.2, 0) is 0 Å². The van der Waals surface area contributed by atoms with Crippen LogP contribution in [0.25, 0.3) is 0 Å². The van der Waals surface area contributed by atoms with Gasteiger partial charge in [-0.3, -0.25) is 0 Å². The van der Waals surface area contributed by atoms with Gasteiger partial charge in [-0.25, -0.2) is 0 Å². The van der Waals surface area contributed by atoms with E-state index < -0.39 is 5.60 Å². The highest BCUT2D eigenvalue weighted by Gasteiger charge is 2.36. The van der Waals surface area contributed by atoms with Crippen molar-refractivity contribution >= 4 is 0 Å². The summed E-state index contributed by atoms with van der Waals surface area (Å²) >= 11 is 0. The maximum Gasteiger partial charge on any atom is 0.0669 e. The van der Waals surface area contributed by atoms with Crippen LogP contribution in [0.5, 0.6) is 0 Å². The highest BCUT2D eigenvalue weighted by Crippen LogP contribution is 2.32. The lowest BCUT2D eigenvalue weighted by Crippen LogP contribution is -2.43. The van der Waals surface area contributed by atoms with E-state index >= 15 is 0 Å². The van der Waals surface area contributed by atoms with E-state index in [0.717, 1.165) is 19.3 Å². The first-order chi connectivity index (χ1) is 4.54. The van der Waals surface area contributed by atoms with E-state index in [1.807, 2.05) is 6.92 Å². The molecular weight excluding hydrogens is 128 g/mol. The van der Waals surface area contributed by atoms with Crippen LogP contribution in [0, 0.1) is 5.92 Å². The van der Waals surface area contributed by atoms with Crippen LogP contribution in [-0.4, -0.2) is 21.9 Å². The molecule has 1 fully saturated rings. The summed E-state index contributed by atoms with van der Waals surface area (Å²) in [4.78, 5) is 0. The summed E-state index contributed by atoms with van der Waals surface area (Å²) in [7, 11) is 0. The predicted octanol–water partition coefficient (Wildman–Crippen LogP) is 0.918. The Balaban J connectivity index is 2.60. The first-order valence-corrected chi connectivity index (χ1v) is 3.94. The molecule has 1 aliphatic carbocycles. The lowest BCUT2D eigenvalue weighted by atomic mass is 9.76. The molecule has 0 radical (unpaired) electrons. The Bertz CT molecular complexity index is 120. The van der Waals surface area contributed by atoms with E-state index in [9.17, 15) is 10.2 Å². The van der Waals surface area contributed by atoms with Gasteiger partial charge in [-0.2, -0.15) is 0 Å². The zero-order valence-corrected chi connectivity index (χ0v) is 6.67. The maximum atomic E-state index is 9.65. The second-order valence-electron chi connectivity index (χ2n) is 3.61. The summed E-state index contributed by atoms with van der Waals surface area (Å²) < 4.78 is 0. The first kappa shape index (κ1) is 8.02. The molecule has 0 aromatic heterocycles. The molecule has 3 atom stereocenters. The zero-order valence-electron chi connectivity index (χ0n) is 6.67. The van der Waals surface area contributed by atoms with Gasteiger partial charge < -0.3 is 10.2 Å². The molecule has 1 aliphatic rings. The molecule has 1 rings (SSSR count). The Morgan fingerprint density at radius 1 is 1.50 bits per heavy atom. The Morgan fingerprint density at radius 3 is 2.50 bits per heavy atom. The molecule has 2 N–H and O–H groups in total. The summed E-state index contributed by atoms with van der Waals surface area (Å²) in [5.74, 6) is 0.0289. The monoisotopic (exact) mass is 144 g/mol. The molecule has 0 aromatic rings. The van der Waals surface area contributed by atoms with Crippen molar-refractivity contribution in [2.45, 2.75) is 44.8 Å². The number of aliphatic hydroxyl groups excluding tert-OH is 1. The van der Waals surface area contributed by atoms with E-state index in [2.05, 4.69) is 0 Å². The van der Waals surface area contributed by atoms with Gasteiger partial charge in [0.05, 0.1) is 11.7 Å². The molecule has 1 saturated carbocycles. The molecule has 0 saturated heterocycles. The van der Waals surface area contributed by atoms with Gasteiger partial charge in [-0.1, -0.05) is 6.92 Å². The minimum Gasteiger partial charge on any atom is -0.393 e. The number of hydrogen-bond donors (Lipinski definition) is 2. The number of rotatable bonds is 0. The minimum atomic E-state index is -0.641. The van der Waals surface area contributed by atoms with Crippen LogP contribution in [0.2, 0.25) is 0 Å². The van der Waals surface area contributed by atoms with Gasteiger partial charge in [0.15, 0.2) is 0 Å². The van der Waals surface area contributed by atoms with Crippen LogP contribution in [0.1, 0.15) is 33.1 Å². The molecule has 0 aromatic carbocycles. The second-order valence-corrected chi connectivity index (χ2v) is 3.61. The van der Waals surface area contributed by atoms with Crippen molar-refractivity contribution < 1.29 is 10.2 Å². The largest absolute Gasteiger partial charge is 0.393 e. The Hall–Kier alpha value is -0.0800. The fraction of sp³-hybridized carbons (Fsp3) is 1.00. The average Bonchev–Trinajstić information content (AvgIpc) is 1.83. The quantitative estimate of drug-likeness (QED) is 0.530. The molecule has 0 bridgehead atoms. The minimum absolute atomic E-state index is 0.0289. The maximum absolute atomic E-state index is 9.65. The van der Waals surface area contributed by atoms with Crippen molar-refractivity contribution in [3.63, 3.8) is 0 Å². The van der Waals surface area contributed by atoms with Crippen molar-refractivity contribution in [3.8, 4) is 0 Å². The summed E-state index contributed by atoms with van der Waals surface area (Å²) in [6.07, 6.45) is 2.31. The van der Waals surface area contributed by atoms with Crippen molar-refractivity contribution in [3.05, 3.63) is 0 Å². The van der Waals surface area contributed by atoms with Crippen LogP contribution in [0.3, 0.4) is 0 Å². The fourth-order valence-electron chi connectivity index (χ4n) is 1.56. The lowest BCUT2D eigenvalue weighted by molar-refractivity contribution is -0.0833. The van der Waals surface area contributed by atoms with Crippen LogP contribution >= 0.6 is 0 Å². The molecule has 0 heterocycles. The Kier molecular flexibility index (Phi) is 2.02. The van der Waals surface area contributed by atoms with E-state index in [0.29, 0.717) is 0 Å². The summed E-state index contributed by atoms with van der Waals surface area (Å²) in [6, 6.07) is 0. The zero-order chi connectivity index (χ0) is 7.78. The molecule has 10 heavy (non-hydrogen) atoms. The third kappa shape index (κ3) is 1.32. The molecule has 2 heteroatoms. The molecule has 0 unspecified atom stereocenters. The van der Waals surface area contributed by atoms with Gasteiger partial charge in [0.1, 0.15) is 0 Å². The van der Waals surface area contributed by atoms with Crippen molar-refractivity contribution in [2.75, 3.05) is 0 Å². The smallest absolute Gasteiger partial charge is 0.0669 e. The van der Waals surface area contributed by atoms with E-state index in [1.165, 1.54) is 0 Å². The standard InChI is InChI=1S/C8H16O2/c1-6-7(9)4-3-5-8(6,2)10/h6-7,9-10H,3-5H2,1-2H3/t6-,7+,8+/m1/s1. The molecular formula is C8H16O2. The van der Waals surface area contributed by atoms with Crippen LogP contribution in [0.4, 0.5) is 0 Å². The predicted molar refractivity (Wildman–Crippen MR) is 39.6 cm³/mol. The van der Waals surface area contributed by atoms with Crippen molar-refractivity contribution in [1.29, 1.82) is 0 Å². The SMILES string of the molecule is C[C@@H]1[C@@H](O)CCC[C@]1(C)O. The van der Waals surface area contributed by atoms with Gasteiger partial charge in [-0.05, 0) is 26.2 Å². The highest BCUT2D eigenvalue weighted by molar-refractivity contribution is 4.88. The molecule has 0 aliphatic heterocycles. The van der Waals surface area contributed by atoms with Gasteiger partial charge in [-0.15, -0.1) is 0 Å². The molecule has 0 amide bonds. The molecule has 60 valence electrons. The topological polar surface area (TPSA) is 40.5 Å². The van der Waals surface area contributed by atoms with E-state index in [4.69, 9.17) is 0 Å². The summed E-state index contributed by atoms with van der Waals surface area (Å²) in [6.45, 7) is 3.71. The van der Waals surface area contributed by atoms with E-state index in [1.54, 1.807) is 6.92 Å². The molecule has 0 spiro atoms. The molecule has 2 nitrogen and oxygen atoms in total. The van der Waals surface area contributed by atoms with Crippen molar-refractivity contribution in [2.24, 2.45) is 5.92 Å². The highest BCUT2D eigenvalue weighted by atomic mass is 16.3. The normalized spacial score (nSPS) is 49.2. The summed E-state index contributed by atoms with van der Waals surface area (Å²) in [5.41, 5.74) is -0.641. The lowest BCUT2D eigenvalue weighted by Gasteiger charge is -2.38. The van der Waals surface area contributed by atoms with Gasteiger partial charge in [0.25, 0.3) is 0 Å². The Labute approximate surface area is 61.9 Å². The second kappa shape index (κ2) is 2.51. The van der Waals surface area contributed by atoms with E-state index in [-0.39, 0.29) is 12.0 Å². The van der Waals surface area contributed by atoms with Crippen LogP contribution in [0.15, 0.2) is 0 Å². The van der Waals surface area contributed by atoms with Crippen molar-refractivity contribution in [1.82, 2.24) is 0 Å². The van der Waals surface area contributed by atoms with Gasteiger partial charge >= 0.3 is 0 Å². The van der Waals surface area contributed by atoms with Gasteiger partial charge in [0.2, 0.25) is 0 Å². The van der Waals surface area contributed by atoms with Crippen LogP contribution < -0.4 is 0 Å². The average molecular weight is 144 g/mol. The number of hydrogen-bond acceptors (Lipinski definition) is 2. The first-order valence-electron chi connectivity index (χ1n) is 3.94.